The minimum atomic E-state index is 0.428. The fourth-order valence-corrected chi connectivity index (χ4v) is 2.26. The lowest BCUT2D eigenvalue weighted by atomic mass is 10.2. The maximum Gasteiger partial charge on any atom is 0.224 e. The Balaban J connectivity index is 1.77. The van der Waals surface area contributed by atoms with Crippen molar-refractivity contribution < 1.29 is 4.74 Å². The van der Waals surface area contributed by atoms with Gasteiger partial charge >= 0.3 is 0 Å². The van der Waals surface area contributed by atoms with Crippen LogP contribution >= 0.6 is 11.6 Å². The Morgan fingerprint density at radius 3 is 3.00 bits per heavy atom. The average Bonchev–Trinajstić information content (AvgIpc) is 3.00. The first-order chi connectivity index (χ1) is 9.83. The maximum atomic E-state index is 5.96. The summed E-state index contributed by atoms with van der Waals surface area (Å²) in [4.78, 5) is 8.68. The molecule has 3 rings (SSSR count). The van der Waals surface area contributed by atoms with Gasteiger partial charge in [0.25, 0.3) is 0 Å². The molecule has 0 bridgehead atoms. The molecule has 0 fully saturated rings. The van der Waals surface area contributed by atoms with Crippen molar-refractivity contribution in [1.29, 1.82) is 0 Å². The van der Waals surface area contributed by atoms with E-state index in [-0.39, 0.29) is 0 Å². The molecule has 2 heterocycles. The van der Waals surface area contributed by atoms with Gasteiger partial charge in [0.05, 0.1) is 12.1 Å². The lowest BCUT2D eigenvalue weighted by molar-refractivity contribution is 0.293. The maximum absolute atomic E-state index is 5.96. The third-order valence-corrected chi connectivity index (χ3v) is 3.20. The lowest BCUT2D eigenvalue weighted by Gasteiger charge is -2.10. The molecule has 0 amide bonds. The summed E-state index contributed by atoms with van der Waals surface area (Å²) in [6, 6.07) is 11.4. The van der Waals surface area contributed by atoms with Crippen LogP contribution in [0.15, 0.2) is 47.6 Å². The number of aromatic nitrogens is 1. The number of hydrogen-bond donors (Lipinski definition) is 1. The molecule has 0 saturated carbocycles. The second-order valence-corrected chi connectivity index (χ2v) is 4.87. The molecule has 0 spiro atoms. The standard InChI is InChI=1S/C15H14ClN3O/c16-12-4-1-3-11(9-12)10-20-15-13(5-2-6-19-15)14-17-7-8-18-14/h1-6,9H,7-8,10H2,(H,17,18). The fourth-order valence-electron chi connectivity index (χ4n) is 2.04. The Labute approximate surface area is 122 Å². The van der Waals surface area contributed by atoms with Crippen LogP contribution < -0.4 is 10.1 Å². The minimum absolute atomic E-state index is 0.428. The van der Waals surface area contributed by atoms with Crippen LogP contribution in [0, 0.1) is 0 Å². The molecule has 1 N–H and O–H groups in total. The number of ether oxygens (including phenoxy) is 1. The molecule has 0 radical (unpaired) electrons. The number of hydrogen-bond acceptors (Lipinski definition) is 4. The van der Waals surface area contributed by atoms with Crippen molar-refractivity contribution in [3.8, 4) is 5.88 Å². The zero-order chi connectivity index (χ0) is 13.8. The van der Waals surface area contributed by atoms with Crippen LogP contribution in [0.1, 0.15) is 11.1 Å². The summed E-state index contributed by atoms with van der Waals surface area (Å²) in [5.74, 6) is 1.43. The smallest absolute Gasteiger partial charge is 0.224 e. The van der Waals surface area contributed by atoms with Gasteiger partial charge in [-0.1, -0.05) is 23.7 Å². The van der Waals surface area contributed by atoms with Crippen LogP contribution in [0.2, 0.25) is 5.02 Å². The molecule has 1 aromatic carbocycles. The Morgan fingerprint density at radius 2 is 2.20 bits per heavy atom. The highest BCUT2D eigenvalue weighted by Crippen LogP contribution is 2.18. The van der Waals surface area contributed by atoms with E-state index in [1.807, 2.05) is 36.4 Å². The first-order valence-corrected chi connectivity index (χ1v) is 6.82. The summed E-state index contributed by atoms with van der Waals surface area (Å²) in [7, 11) is 0. The van der Waals surface area contributed by atoms with Gasteiger partial charge in [0.1, 0.15) is 12.4 Å². The second kappa shape index (κ2) is 5.92. The molecule has 4 nitrogen and oxygen atoms in total. The van der Waals surface area contributed by atoms with Gasteiger partial charge in [-0.15, -0.1) is 0 Å². The van der Waals surface area contributed by atoms with E-state index in [0.29, 0.717) is 17.5 Å². The van der Waals surface area contributed by atoms with Gasteiger partial charge in [0, 0.05) is 17.8 Å². The lowest BCUT2D eigenvalue weighted by Crippen LogP contribution is -2.20. The first kappa shape index (κ1) is 12.9. The Bertz CT molecular complexity index is 643. The van der Waals surface area contributed by atoms with E-state index in [1.54, 1.807) is 6.20 Å². The van der Waals surface area contributed by atoms with Crippen molar-refractivity contribution in [2.75, 3.05) is 13.1 Å². The molecule has 0 aliphatic carbocycles. The molecule has 1 aromatic heterocycles. The molecule has 5 heteroatoms. The van der Waals surface area contributed by atoms with Crippen LogP contribution in [0.5, 0.6) is 5.88 Å². The molecule has 0 saturated heterocycles. The van der Waals surface area contributed by atoms with E-state index in [9.17, 15) is 0 Å². The second-order valence-electron chi connectivity index (χ2n) is 4.43. The predicted octanol–water partition coefficient (Wildman–Crippen LogP) is 2.66. The molecule has 1 aliphatic rings. The number of pyridine rings is 1. The molecule has 102 valence electrons. The van der Waals surface area contributed by atoms with Crippen molar-refractivity contribution in [2.45, 2.75) is 6.61 Å². The van der Waals surface area contributed by atoms with E-state index in [1.165, 1.54) is 0 Å². The number of nitrogens with one attached hydrogen (secondary N) is 1. The van der Waals surface area contributed by atoms with Gasteiger partial charge in [0.2, 0.25) is 5.88 Å². The van der Waals surface area contributed by atoms with E-state index < -0.39 is 0 Å². The van der Waals surface area contributed by atoms with Gasteiger partial charge in [-0.05, 0) is 29.8 Å². The van der Waals surface area contributed by atoms with Crippen LogP contribution in [0.4, 0.5) is 0 Å². The van der Waals surface area contributed by atoms with Crippen LogP contribution in [0.25, 0.3) is 0 Å². The largest absolute Gasteiger partial charge is 0.472 e. The van der Waals surface area contributed by atoms with Gasteiger partial charge in [0.15, 0.2) is 0 Å². The Morgan fingerprint density at radius 1 is 1.25 bits per heavy atom. The Kier molecular flexibility index (Phi) is 3.83. The number of nitrogens with zero attached hydrogens (tertiary/aromatic N) is 2. The minimum Gasteiger partial charge on any atom is -0.472 e. The van der Waals surface area contributed by atoms with Gasteiger partial charge in [-0.2, -0.15) is 0 Å². The fraction of sp³-hybridized carbons (Fsp3) is 0.200. The molecule has 1 aliphatic heterocycles. The predicted molar refractivity (Wildman–Crippen MR) is 79.4 cm³/mol. The number of rotatable bonds is 4. The Hall–Kier alpha value is -2.07. The normalized spacial score (nSPS) is 13.8. The van der Waals surface area contributed by atoms with Crippen molar-refractivity contribution in [3.05, 3.63) is 58.7 Å². The van der Waals surface area contributed by atoms with Crippen LogP contribution in [0.3, 0.4) is 0 Å². The zero-order valence-electron chi connectivity index (χ0n) is 10.8. The number of aliphatic imine (C=N–C) groups is 1. The monoisotopic (exact) mass is 287 g/mol. The third-order valence-electron chi connectivity index (χ3n) is 2.97. The topological polar surface area (TPSA) is 46.5 Å². The van der Waals surface area contributed by atoms with Gasteiger partial charge < -0.3 is 10.1 Å². The highest BCUT2D eigenvalue weighted by molar-refractivity contribution is 6.30. The molecular formula is C15H14ClN3O. The summed E-state index contributed by atoms with van der Waals surface area (Å²) in [5.41, 5.74) is 1.91. The van der Waals surface area contributed by atoms with Crippen molar-refractivity contribution in [1.82, 2.24) is 10.3 Å². The SMILES string of the molecule is Clc1cccc(COc2ncccc2C2=NCCN2)c1. The van der Waals surface area contributed by atoms with Crippen molar-refractivity contribution in [2.24, 2.45) is 4.99 Å². The van der Waals surface area contributed by atoms with Gasteiger partial charge in [-0.25, -0.2) is 4.98 Å². The first-order valence-electron chi connectivity index (χ1n) is 6.44. The van der Waals surface area contributed by atoms with E-state index in [2.05, 4.69) is 15.3 Å². The third kappa shape index (κ3) is 2.91. The molecule has 0 atom stereocenters. The summed E-state index contributed by atoms with van der Waals surface area (Å²) < 4.78 is 5.80. The summed E-state index contributed by atoms with van der Waals surface area (Å²) in [5, 5.41) is 3.93. The number of benzene rings is 1. The van der Waals surface area contributed by atoms with E-state index in [0.717, 1.165) is 30.1 Å². The summed E-state index contributed by atoms with van der Waals surface area (Å²) in [6.45, 7) is 2.08. The molecule has 0 unspecified atom stereocenters. The van der Waals surface area contributed by atoms with Gasteiger partial charge in [-0.3, -0.25) is 4.99 Å². The highest BCUT2D eigenvalue weighted by atomic mass is 35.5. The highest BCUT2D eigenvalue weighted by Gasteiger charge is 2.14. The number of halogens is 1. The van der Waals surface area contributed by atoms with E-state index >= 15 is 0 Å². The summed E-state index contributed by atoms with van der Waals surface area (Å²) in [6.07, 6.45) is 1.71. The summed E-state index contributed by atoms with van der Waals surface area (Å²) >= 11 is 5.96. The molecular weight excluding hydrogens is 274 g/mol. The van der Waals surface area contributed by atoms with Crippen molar-refractivity contribution in [3.63, 3.8) is 0 Å². The molecule has 2 aromatic rings. The quantitative estimate of drug-likeness (QED) is 0.940. The van der Waals surface area contributed by atoms with Crippen LogP contribution in [-0.2, 0) is 6.61 Å². The van der Waals surface area contributed by atoms with E-state index in [4.69, 9.17) is 16.3 Å². The number of amidine groups is 1. The zero-order valence-corrected chi connectivity index (χ0v) is 11.6. The van der Waals surface area contributed by atoms with Crippen molar-refractivity contribution >= 4 is 17.4 Å². The molecule has 20 heavy (non-hydrogen) atoms. The average molecular weight is 288 g/mol. The van der Waals surface area contributed by atoms with Crippen LogP contribution in [-0.4, -0.2) is 23.9 Å².